The van der Waals surface area contributed by atoms with Gasteiger partial charge in [0, 0.05) is 11.1 Å². The number of rotatable bonds is 5. The number of nitrogens with one attached hydrogen (secondary N) is 1. The average molecular weight is 147 g/mol. The molecule has 9 heavy (non-hydrogen) atoms. The Balaban J connectivity index is 2.75. The average Bonchev–Trinajstić information content (AvgIpc) is 1.80. The molecule has 0 radical (unpaired) electrons. The van der Waals surface area contributed by atoms with E-state index in [0.717, 1.165) is 17.7 Å². The van der Waals surface area contributed by atoms with E-state index in [2.05, 4.69) is 26.1 Å². The Morgan fingerprint density at radius 3 is 2.56 bits per heavy atom. The van der Waals surface area contributed by atoms with Crippen molar-refractivity contribution in [1.29, 1.82) is 0 Å². The summed E-state index contributed by atoms with van der Waals surface area (Å²) in [5.41, 5.74) is 0. The van der Waals surface area contributed by atoms with Gasteiger partial charge in [-0.3, -0.25) is 0 Å². The molecule has 0 aromatic rings. The monoisotopic (exact) mass is 147 g/mol. The second kappa shape index (κ2) is 6.43. The Labute approximate surface area is 62.6 Å². The van der Waals surface area contributed by atoms with E-state index < -0.39 is 0 Å². The fraction of sp³-hybridized carbons (Fsp3) is 1.00. The third-order valence-electron chi connectivity index (χ3n) is 0.946. The molecule has 0 saturated carbocycles. The maximum Gasteiger partial charge on any atom is 0.0420 e. The highest BCUT2D eigenvalue weighted by molar-refractivity contribution is 7.99. The van der Waals surface area contributed by atoms with Crippen molar-refractivity contribution in [2.24, 2.45) is 0 Å². The van der Waals surface area contributed by atoms with Crippen LogP contribution in [0.15, 0.2) is 0 Å². The van der Waals surface area contributed by atoms with Gasteiger partial charge in [0.1, 0.15) is 0 Å². The molecule has 0 rings (SSSR count). The highest BCUT2D eigenvalue weighted by atomic mass is 32.2. The molecule has 0 atom stereocenters. The molecule has 0 spiro atoms. The number of hydrogen-bond donors (Lipinski definition) is 1. The summed E-state index contributed by atoms with van der Waals surface area (Å²) in [7, 11) is 0. The molecule has 0 aliphatic rings. The first-order valence-corrected chi connectivity index (χ1v) is 4.64. The fourth-order valence-electron chi connectivity index (χ4n) is 0.475. The Morgan fingerprint density at radius 1 is 1.44 bits per heavy atom. The quantitative estimate of drug-likeness (QED) is 0.472. The van der Waals surface area contributed by atoms with Crippen LogP contribution in [0.1, 0.15) is 27.2 Å². The lowest BCUT2D eigenvalue weighted by Gasteiger charge is -2.04. The SMILES string of the molecule is CCCNCSC(C)C. The molecule has 0 aliphatic carbocycles. The van der Waals surface area contributed by atoms with E-state index >= 15 is 0 Å². The van der Waals surface area contributed by atoms with E-state index in [9.17, 15) is 0 Å². The minimum atomic E-state index is 0.759. The van der Waals surface area contributed by atoms with Crippen LogP contribution in [-0.4, -0.2) is 17.7 Å². The predicted molar refractivity (Wildman–Crippen MR) is 45.9 cm³/mol. The maximum atomic E-state index is 3.33. The van der Waals surface area contributed by atoms with Crippen LogP contribution in [0.2, 0.25) is 0 Å². The minimum absolute atomic E-state index is 0.759. The first-order chi connectivity index (χ1) is 4.27. The van der Waals surface area contributed by atoms with Crippen molar-refractivity contribution in [3.8, 4) is 0 Å². The van der Waals surface area contributed by atoms with Crippen molar-refractivity contribution < 1.29 is 0 Å². The summed E-state index contributed by atoms with van der Waals surface area (Å²) < 4.78 is 0. The van der Waals surface area contributed by atoms with Gasteiger partial charge < -0.3 is 5.32 Å². The molecule has 0 aromatic carbocycles. The van der Waals surface area contributed by atoms with Crippen molar-refractivity contribution in [3.05, 3.63) is 0 Å². The first-order valence-electron chi connectivity index (χ1n) is 3.59. The summed E-state index contributed by atoms with van der Waals surface area (Å²) in [6, 6.07) is 0. The Morgan fingerprint density at radius 2 is 2.11 bits per heavy atom. The van der Waals surface area contributed by atoms with E-state index in [1.165, 1.54) is 6.42 Å². The van der Waals surface area contributed by atoms with E-state index in [4.69, 9.17) is 0 Å². The van der Waals surface area contributed by atoms with Gasteiger partial charge in [0.2, 0.25) is 0 Å². The topological polar surface area (TPSA) is 12.0 Å². The van der Waals surface area contributed by atoms with Crippen molar-refractivity contribution in [2.75, 3.05) is 12.4 Å². The maximum absolute atomic E-state index is 3.33. The summed E-state index contributed by atoms with van der Waals surface area (Å²) in [5.74, 6) is 1.10. The van der Waals surface area contributed by atoms with E-state index in [-0.39, 0.29) is 0 Å². The van der Waals surface area contributed by atoms with Gasteiger partial charge in [-0.25, -0.2) is 0 Å². The van der Waals surface area contributed by atoms with Gasteiger partial charge in [-0.15, -0.1) is 11.8 Å². The van der Waals surface area contributed by atoms with Crippen LogP contribution in [0, 0.1) is 0 Å². The summed E-state index contributed by atoms with van der Waals surface area (Å²) in [5, 5.41) is 4.09. The third-order valence-corrected chi connectivity index (χ3v) is 1.98. The lowest BCUT2D eigenvalue weighted by molar-refractivity contribution is 0.755. The molecule has 0 fully saturated rings. The van der Waals surface area contributed by atoms with Crippen LogP contribution in [0.25, 0.3) is 0 Å². The van der Waals surface area contributed by atoms with Gasteiger partial charge in [-0.05, 0) is 13.0 Å². The zero-order valence-corrected chi connectivity index (χ0v) is 7.42. The molecule has 0 unspecified atom stereocenters. The zero-order valence-electron chi connectivity index (χ0n) is 6.61. The van der Waals surface area contributed by atoms with Gasteiger partial charge in [0.25, 0.3) is 0 Å². The first kappa shape index (κ1) is 9.31. The molecule has 0 heterocycles. The molecular formula is C7H17NS. The van der Waals surface area contributed by atoms with Gasteiger partial charge in [0.15, 0.2) is 0 Å². The molecule has 2 heteroatoms. The lowest BCUT2D eigenvalue weighted by atomic mass is 10.5. The molecule has 1 nitrogen and oxygen atoms in total. The molecule has 1 N–H and O–H groups in total. The molecule has 56 valence electrons. The van der Waals surface area contributed by atoms with Crippen LogP contribution in [0.5, 0.6) is 0 Å². The van der Waals surface area contributed by atoms with Gasteiger partial charge in [-0.2, -0.15) is 0 Å². The summed E-state index contributed by atoms with van der Waals surface area (Å²) in [6.07, 6.45) is 1.23. The highest BCUT2D eigenvalue weighted by Gasteiger charge is 1.90. The molecule has 0 bridgehead atoms. The number of thioether (sulfide) groups is 1. The van der Waals surface area contributed by atoms with E-state index in [1.807, 2.05) is 11.8 Å². The second-order valence-corrected chi connectivity index (χ2v) is 3.92. The van der Waals surface area contributed by atoms with Crippen LogP contribution in [0.4, 0.5) is 0 Å². The second-order valence-electron chi connectivity index (χ2n) is 2.36. The smallest absolute Gasteiger partial charge is 0.0420 e. The van der Waals surface area contributed by atoms with Crippen molar-refractivity contribution in [3.63, 3.8) is 0 Å². The molecule has 0 aliphatic heterocycles. The Kier molecular flexibility index (Phi) is 6.65. The highest BCUT2D eigenvalue weighted by Crippen LogP contribution is 2.05. The molecule has 0 amide bonds. The summed E-state index contributed by atoms with van der Waals surface area (Å²) in [6.45, 7) is 7.78. The van der Waals surface area contributed by atoms with Crippen LogP contribution >= 0.6 is 11.8 Å². The van der Waals surface area contributed by atoms with E-state index in [1.54, 1.807) is 0 Å². The molecule has 0 aromatic heterocycles. The zero-order chi connectivity index (χ0) is 7.11. The summed E-state index contributed by atoms with van der Waals surface area (Å²) in [4.78, 5) is 0. The van der Waals surface area contributed by atoms with Crippen molar-refractivity contribution >= 4 is 11.8 Å². The predicted octanol–water partition coefficient (Wildman–Crippen LogP) is 2.09. The van der Waals surface area contributed by atoms with Crippen LogP contribution in [0.3, 0.4) is 0 Å². The normalized spacial score (nSPS) is 10.7. The largest absolute Gasteiger partial charge is 0.308 e. The molecule has 0 saturated heterocycles. The standard InChI is InChI=1S/C7H17NS/c1-4-5-8-6-9-7(2)3/h7-8H,4-6H2,1-3H3. The van der Waals surface area contributed by atoms with Crippen LogP contribution < -0.4 is 5.32 Å². The van der Waals surface area contributed by atoms with Crippen molar-refractivity contribution in [1.82, 2.24) is 5.32 Å². The Bertz CT molecular complexity index is 54.9. The molecular weight excluding hydrogens is 130 g/mol. The lowest BCUT2D eigenvalue weighted by Crippen LogP contribution is -2.14. The van der Waals surface area contributed by atoms with Gasteiger partial charge >= 0.3 is 0 Å². The van der Waals surface area contributed by atoms with Gasteiger partial charge in [0.05, 0.1) is 0 Å². The number of hydrogen-bond acceptors (Lipinski definition) is 2. The van der Waals surface area contributed by atoms with Crippen molar-refractivity contribution in [2.45, 2.75) is 32.4 Å². The van der Waals surface area contributed by atoms with Gasteiger partial charge in [-0.1, -0.05) is 20.8 Å². The van der Waals surface area contributed by atoms with Crippen LogP contribution in [-0.2, 0) is 0 Å². The summed E-state index contributed by atoms with van der Waals surface area (Å²) >= 11 is 1.96. The third kappa shape index (κ3) is 8.31. The fourth-order valence-corrected chi connectivity index (χ4v) is 1.07. The van der Waals surface area contributed by atoms with E-state index in [0.29, 0.717) is 0 Å². The minimum Gasteiger partial charge on any atom is -0.308 e. The Hall–Kier alpha value is 0.310.